The third kappa shape index (κ3) is 1.81. The summed E-state index contributed by atoms with van der Waals surface area (Å²) < 4.78 is 1.09. The number of hydrogen-bond donors (Lipinski definition) is 1. The van der Waals surface area contributed by atoms with Gasteiger partial charge >= 0.3 is 0 Å². The lowest BCUT2D eigenvalue weighted by Crippen LogP contribution is -2.18. The monoisotopic (exact) mass is 294 g/mol. The van der Waals surface area contributed by atoms with Gasteiger partial charge in [-0.2, -0.15) is 0 Å². The Bertz CT molecular complexity index is 514. The van der Waals surface area contributed by atoms with Gasteiger partial charge in [0.05, 0.1) is 11.2 Å². The number of nitrogens with two attached hydrogens (primary N) is 1. The van der Waals surface area contributed by atoms with Crippen LogP contribution in [0.1, 0.15) is 17.8 Å². The molecule has 1 saturated carbocycles. The third-order valence-electron chi connectivity index (χ3n) is 2.86. The highest BCUT2D eigenvalue weighted by molar-refractivity contribution is 9.10. The standard InChI is InChI=1S/C12H11BrN2S/c13-9-3-1-8(2-4-9)10-7-16-11(15-10)12(14)5-6-12/h1-4,7H,5-6,14H2. The second kappa shape index (κ2) is 3.65. The van der Waals surface area contributed by atoms with Gasteiger partial charge in [-0.3, -0.25) is 0 Å². The molecular weight excluding hydrogens is 284 g/mol. The van der Waals surface area contributed by atoms with Crippen LogP contribution >= 0.6 is 27.3 Å². The van der Waals surface area contributed by atoms with Crippen molar-refractivity contribution in [2.45, 2.75) is 18.4 Å². The minimum absolute atomic E-state index is 0.113. The largest absolute Gasteiger partial charge is 0.319 e. The molecule has 0 spiro atoms. The molecule has 82 valence electrons. The topological polar surface area (TPSA) is 38.9 Å². The number of rotatable bonds is 2. The van der Waals surface area contributed by atoms with Gasteiger partial charge < -0.3 is 5.73 Å². The zero-order chi connectivity index (χ0) is 11.2. The molecule has 3 rings (SSSR count). The molecule has 1 aliphatic carbocycles. The molecule has 2 nitrogen and oxygen atoms in total. The quantitative estimate of drug-likeness (QED) is 0.920. The van der Waals surface area contributed by atoms with Crippen LogP contribution in [0.3, 0.4) is 0 Å². The number of benzene rings is 1. The number of nitrogens with zero attached hydrogens (tertiary/aromatic N) is 1. The molecule has 1 aromatic heterocycles. The predicted octanol–water partition coefficient (Wildman–Crippen LogP) is 3.52. The van der Waals surface area contributed by atoms with Gasteiger partial charge in [0.25, 0.3) is 0 Å². The molecule has 0 unspecified atom stereocenters. The summed E-state index contributed by atoms with van der Waals surface area (Å²) in [5.74, 6) is 0. The summed E-state index contributed by atoms with van der Waals surface area (Å²) in [6, 6.07) is 8.20. The summed E-state index contributed by atoms with van der Waals surface area (Å²) in [5, 5.41) is 3.16. The highest BCUT2D eigenvalue weighted by Gasteiger charge is 2.42. The summed E-state index contributed by atoms with van der Waals surface area (Å²) >= 11 is 5.10. The van der Waals surface area contributed by atoms with E-state index >= 15 is 0 Å². The Kier molecular flexibility index (Phi) is 2.38. The normalized spacial score (nSPS) is 17.4. The first-order valence-corrected chi connectivity index (χ1v) is 6.85. The zero-order valence-electron chi connectivity index (χ0n) is 8.61. The fourth-order valence-electron chi connectivity index (χ4n) is 1.60. The summed E-state index contributed by atoms with van der Waals surface area (Å²) in [6.45, 7) is 0. The van der Waals surface area contributed by atoms with E-state index in [2.05, 4.69) is 38.4 Å². The van der Waals surface area contributed by atoms with Crippen LogP contribution in [0.5, 0.6) is 0 Å². The maximum Gasteiger partial charge on any atom is 0.113 e. The Hall–Kier alpha value is -0.710. The lowest BCUT2D eigenvalue weighted by Gasteiger charge is -2.01. The molecule has 4 heteroatoms. The van der Waals surface area contributed by atoms with Crippen LogP contribution in [0.4, 0.5) is 0 Å². The smallest absolute Gasteiger partial charge is 0.113 e. The Balaban J connectivity index is 1.95. The van der Waals surface area contributed by atoms with Gasteiger partial charge in [-0.05, 0) is 25.0 Å². The number of aromatic nitrogens is 1. The Morgan fingerprint density at radius 1 is 1.25 bits per heavy atom. The number of hydrogen-bond acceptors (Lipinski definition) is 3. The maximum absolute atomic E-state index is 6.12. The number of thiazole rings is 1. The van der Waals surface area contributed by atoms with E-state index in [0.717, 1.165) is 33.6 Å². The van der Waals surface area contributed by atoms with E-state index in [0.29, 0.717) is 0 Å². The molecule has 1 fully saturated rings. The van der Waals surface area contributed by atoms with Gasteiger partial charge in [-0.15, -0.1) is 11.3 Å². The molecule has 1 aromatic carbocycles. The fourth-order valence-corrected chi connectivity index (χ4v) is 2.87. The van der Waals surface area contributed by atoms with E-state index in [9.17, 15) is 0 Å². The van der Waals surface area contributed by atoms with Crippen molar-refractivity contribution in [2.75, 3.05) is 0 Å². The highest BCUT2D eigenvalue weighted by Crippen LogP contribution is 2.44. The molecule has 1 aliphatic rings. The van der Waals surface area contributed by atoms with Gasteiger partial charge in [0.2, 0.25) is 0 Å². The van der Waals surface area contributed by atoms with Crippen LogP contribution in [0, 0.1) is 0 Å². The van der Waals surface area contributed by atoms with E-state index in [-0.39, 0.29) is 5.54 Å². The summed E-state index contributed by atoms with van der Waals surface area (Å²) in [4.78, 5) is 4.62. The minimum Gasteiger partial charge on any atom is -0.319 e. The maximum atomic E-state index is 6.12. The first-order chi connectivity index (χ1) is 7.67. The first kappa shape index (κ1) is 10.4. The van der Waals surface area contributed by atoms with Crippen molar-refractivity contribution < 1.29 is 0 Å². The lowest BCUT2D eigenvalue weighted by atomic mass is 10.2. The van der Waals surface area contributed by atoms with E-state index in [1.807, 2.05) is 12.1 Å². The first-order valence-electron chi connectivity index (χ1n) is 5.18. The van der Waals surface area contributed by atoms with Crippen LogP contribution < -0.4 is 5.73 Å². The number of halogens is 1. The van der Waals surface area contributed by atoms with Crippen molar-refractivity contribution in [3.8, 4) is 11.3 Å². The van der Waals surface area contributed by atoms with Gasteiger partial charge in [-0.1, -0.05) is 28.1 Å². The summed E-state index contributed by atoms with van der Waals surface area (Å²) in [5.41, 5.74) is 8.19. The highest BCUT2D eigenvalue weighted by atomic mass is 79.9. The van der Waals surface area contributed by atoms with Gasteiger partial charge in [0, 0.05) is 15.4 Å². The molecule has 0 bridgehead atoms. The average molecular weight is 295 g/mol. The van der Waals surface area contributed by atoms with Crippen molar-refractivity contribution in [2.24, 2.45) is 5.73 Å². The van der Waals surface area contributed by atoms with Crippen molar-refractivity contribution >= 4 is 27.3 Å². The molecule has 0 atom stereocenters. The van der Waals surface area contributed by atoms with Crippen molar-refractivity contribution in [1.82, 2.24) is 4.98 Å². The third-order valence-corrected chi connectivity index (χ3v) is 4.45. The van der Waals surface area contributed by atoms with Gasteiger partial charge in [0.15, 0.2) is 0 Å². The SMILES string of the molecule is NC1(c2nc(-c3ccc(Br)cc3)cs2)CC1. The van der Waals surface area contributed by atoms with E-state index < -0.39 is 0 Å². The van der Waals surface area contributed by atoms with Crippen molar-refractivity contribution in [3.63, 3.8) is 0 Å². The van der Waals surface area contributed by atoms with Crippen LogP contribution in [-0.4, -0.2) is 4.98 Å². The van der Waals surface area contributed by atoms with Gasteiger partial charge in [0.1, 0.15) is 5.01 Å². The average Bonchev–Trinajstić information content (AvgIpc) is 2.84. The molecule has 2 aromatic rings. The van der Waals surface area contributed by atoms with E-state index in [4.69, 9.17) is 5.73 Å². The van der Waals surface area contributed by atoms with Crippen LogP contribution in [-0.2, 0) is 5.54 Å². The molecule has 16 heavy (non-hydrogen) atoms. The van der Waals surface area contributed by atoms with Crippen LogP contribution in [0.25, 0.3) is 11.3 Å². The van der Waals surface area contributed by atoms with E-state index in [1.165, 1.54) is 0 Å². The molecule has 0 amide bonds. The molecule has 0 aliphatic heterocycles. The predicted molar refractivity (Wildman–Crippen MR) is 70.3 cm³/mol. The van der Waals surface area contributed by atoms with Crippen LogP contribution in [0.15, 0.2) is 34.1 Å². The minimum atomic E-state index is -0.113. The van der Waals surface area contributed by atoms with E-state index in [1.54, 1.807) is 11.3 Å². The fraction of sp³-hybridized carbons (Fsp3) is 0.250. The van der Waals surface area contributed by atoms with Crippen molar-refractivity contribution in [1.29, 1.82) is 0 Å². The van der Waals surface area contributed by atoms with Crippen LogP contribution in [0.2, 0.25) is 0 Å². The molecular formula is C12H11BrN2S. The summed E-state index contributed by atoms with van der Waals surface area (Å²) in [7, 11) is 0. The molecule has 0 saturated heterocycles. The lowest BCUT2D eigenvalue weighted by molar-refractivity contribution is 0.732. The molecule has 0 radical (unpaired) electrons. The zero-order valence-corrected chi connectivity index (χ0v) is 11.0. The molecule has 1 heterocycles. The van der Waals surface area contributed by atoms with Gasteiger partial charge in [-0.25, -0.2) is 4.98 Å². The van der Waals surface area contributed by atoms with Crippen molar-refractivity contribution in [3.05, 3.63) is 39.1 Å². The molecule has 2 N–H and O–H groups in total. The Labute approximate surface area is 107 Å². The Morgan fingerprint density at radius 3 is 2.56 bits per heavy atom. The second-order valence-electron chi connectivity index (χ2n) is 4.20. The second-order valence-corrected chi connectivity index (χ2v) is 5.97. The Morgan fingerprint density at radius 2 is 1.94 bits per heavy atom. The summed E-state index contributed by atoms with van der Waals surface area (Å²) in [6.07, 6.45) is 2.14.